The first-order chi connectivity index (χ1) is 10.8. The van der Waals surface area contributed by atoms with Crippen LogP contribution >= 0.6 is 11.3 Å². The van der Waals surface area contributed by atoms with Gasteiger partial charge in [0, 0.05) is 17.9 Å². The molecule has 1 atom stereocenters. The highest BCUT2D eigenvalue weighted by molar-refractivity contribution is 7.13. The van der Waals surface area contributed by atoms with Crippen LogP contribution in [0.15, 0.2) is 6.07 Å². The summed E-state index contributed by atoms with van der Waals surface area (Å²) in [5.74, 6) is -1.16. The van der Waals surface area contributed by atoms with E-state index in [-0.39, 0.29) is 16.8 Å². The number of amides is 1. The number of thiazole rings is 1. The van der Waals surface area contributed by atoms with Crippen molar-refractivity contribution in [2.45, 2.75) is 47.2 Å². The predicted octanol–water partition coefficient (Wildman–Crippen LogP) is 3.08. The van der Waals surface area contributed by atoms with Crippen LogP contribution in [0.2, 0.25) is 0 Å². The maximum atomic E-state index is 12.5. The van der Waals surface area contributed by atoms with Gasteiger partial charge in [-0.2, -0.15) is 0 Å². The Morgan fingerprint density at radius 1 is 1.39 bits per heavy atom. The SMILES string of the molecule is CCn1c(C)cc(C(=O)N[C@H](C)c2nc(C)c(C(=O)O)s2)c1C. The summed E-state index contributed by atoms with van der Waals surface area (Å²) in [6.45, 7) is 10.2. The van der Waals surface area contributed by atoms with Crippen LogP contribution in [0.25, 0.3) is 0 Å². The smallest absolute Gasteiger partial charge is 0.347 e. The average molecular weight is 335 g/mol. The zero-order valence-electron chi connectivity index (χ0n) is 13.9. The number of rotatable bonds is 5. The van der Waals surface area contributed by atoms with Crippen molar-refractivity contribution in [2.24, 2.45) is 0 Å². The number of aryl methyl sites for hydroxylation is 2. The molecule has 0 aliphatic carbocycles. The third-order valence-electron chi connectivity index (χ3n) is 3.86. The molecule has 0 saturated heterocycles. The van der Waals surface area contributed by atoms with Crippen LogP contribution in [0.4, 0.5) is 0 Å². The largest absolute Gasteiger partial charge is 0.477 e. The Bertz CT molecular complexity index is 761. The van der Waals surface area contributed by atoms with Crippen molar-refractivity contribution in [3.63, 3.8) is 0 Å². The number of hydrogen-bond acceptors (Lipinski definition) is 4. The molecule has 1 amide bonds. The summed E-state index contributed by atoms with van der Waals surface area (Å²) in [6, 6.07) is 1.53. The molecule has 7 heteroatoms. The Kier molecular flexibility index (Phi) is 4.89. The fraction of sp³-hybridized carbons (Fsp3) is 0.438. The van der Waals surface area contributed by atoms with Crippen LogP contribution in [0, 0.1) is 20.8 Å². The van der Waals surface area contributed by atoms with Gasteiger partial charge in [-0.25, -0.2) is 9.78 Å². The Morgan fingerprint density at radius 3 is 2.52 bits per heavy atom. The summed E-state index contributed by atoms with van der Waals surface area (Å²) in [5.41, 5.74) is 3.09. The molecule has 0 unspecified atom stereocenters. The number of carboxylic acid groups (broad SMARTS) is 1. The Balaban J connectivity index is 2.20. The lowest BCUT2D eigenvalue weighted by atomic mass is 10.2. The van der Waals surface area contributed by atoms with Gasteiger partial charge >= 0.3 is 5.97 Å². The van der Waals surface area contributed by atoms with E-state index >= 15 is 0 Å². The monoisotopic (exact) mass is 335 g/mol. The van der Waals surface area contributed by atoms with Gasteiger partial charge in [-0.1, -0.05) is 0 Å². The zero-order valence-corrected chi connectivity index (χ0v) is 14.7. The van der Waals surface area contributed by atoms with Crippen molar-refractivity contribution < 1.29 is 14.7 Å². The summed E-state index contributed by atoms with van der Waals surface area (Å²) >= 11 is 1.10. The second-order valence-electron chi connectivity index (χ2n) is 5.50. The fourth-order valence-electron chi connectivity index (χ4n) is 2.65. The van der Waals surface area contributed by atoms with E-state index in [0.717, 1.165) is 29.3 Å². The van der Waals surface area contributed by atoms with Gasteiger partial charge in [0.15, 0.2) is 0 Å². The average Bonchev–Trinajstić information content (AvgIpc) is 2.99. The third-order valence-corrected chi connectivity index (χ3v) is 5.19. The maximum Gasteiger partial charge on any atom is 0.347 e. The molecule has 23 heavy (non-hydrogen) atoms. The Labute approximate surface area is 139 Å². The van der Waals surface area contributed by atoms with E-state index in [1.807, 2.05) is 26.8 Å². The summed E-state index contributed by atoms with van der Waals surface area (Å²) in [7, 11) is 0. The van der Waals surface area contributed by atoms with Crippen LogP contribution < -0.4 is 5.32 Å². The molecule has 0 bridgehead atoms. The van der Waals surface area contributed by atoms with E-state index in [1.165, 1.54) is 0 Å². The number of carboxylic acids is 1. The highest BCUT2D eigenvalue weighted by Gasteiger charge is 2.21. The number of nitrogens with one attached hydrogen (secondary N) is 1. The summed E-state index contributed by atoms with van der Waals surface area (Å²) in [5, 5.41) is 12.6. The van der Waals surface area contributed by atoms with Gasteiger partial charge in [0.25, 0.3) is 5.91 Å². The van der Waals surface area contributed by atoms with Crippen molar-refractivity contribution in [3.05, 3.63) is 38.6 Å². The first kappa shape index (κ1) is 17.2. The van der Waals surface area contributed by atoms with Gasteiger partial charge in [-0.3, -0.25) is 4.79 Å². The van der Waals surface area contributed by atoms with Gasteiger partial charge in [0.2, 0.25) is 0 Å². The minimum absolute atomic E-state index is 0.171. The van der Waals surface area contributed by atoms with Crippen molar-refractivity contribution in [3.8, 4) is 0 Å². The lowest BCUT2D eigenvalue weighted by Gasteiger charge is -2.11. The predicted molar refractivity (Wildman–Crippen MR) is 89.3 cm³/mol. The molecule has 0 spiro atoms. The van der Waals surface area contributed by atoms with Crippen molar-refractivity contribution in [1.82, 2.24) is 14.9 Å². The molecule has 2 aromatic rings. The van der Waals surface area contributed by atoms with Crippen molar-refractivity contribution >= 4 is 23.2 Å². The second kappa shape index (κ2) is 6.54. The summed E-state index contributed by atoms with van der Waals surface area (Å²) in [6.07, 6.45) is 0. The standard InChI is InChI=1S/C16H21N3O3S/c1-6-19-8(2)7-12(11(19)5)14(20)17-10(4)15-18-9(3)13(23-15)16(21)22/h7,10H,6H2,1-5H3,(H,17,20)(H,21,22)/t10-/m1/s1. The molecular formula is C16H21N3O3S. The topological polar surface area (TPSA) is 84.2 Å². The second-order valence-corrected chi connectivity index (χ2v) is 6.53. The Morgan fingerprint density at radius 2 is 2.04 bits per heavy atom. The molecule has 124 valence electrons. The first-order valence-electron chi connectivity index (χ1n) is 7.44. The molecule has 0 aliphatic heterocycles. The minimum Gasteiger partial charge on any atom is -0.477 e. The molecule has 2 heterocycles. The van der Waals surface area contributed by atoms with Crippen LogP contribution in [-0.4, -0.2) is 26.5 Å². The van der Waals surface area contributed by atoms with Crippen LogP contribution in [0.1, 0.15) is 62.0 Å². The minimum atomic E-state index is -0.990. The molecule has 0 aliphatic rings. The van der Waals surface area contributed by atoms with Gasteiger partial charge in [-0.05, 0) is 40.7 Å². The molecule has 2 rings (SSSR count). The summed E-state index contributed by atoms with van der Waals surface area (Å²) < 4.78 is 2.08. The van der Waals surface area contributed by atoms with Crippen LogP contribution in [0.5, 0.6) is 0 Å². The zero-order chi connectivity index (χ0) is 17.3. The number of nitrogens with zero attached hydrogens (tertiary/aromatic N) is 2. The van der Waals surface area contributed by atoms with E-state index in [9.17, 15) is 9.59 Å². The van der Waals surface area contributed by atoms with E-state index < -0.39 is 5.97 Å². The lowest BCUT2D eigenvalue weighted by Crippen LogP contribution is -2.27. The quantitative estimate of drug-likeness (QED) is 0.879. The van der Waals surface area contributed by atoms with Gasteiger partial charge in [0.05, 0.1) is 17.3 Å². The number of aromatic carboxylic acids is 1. The normalized spacial score (nSPS) is 12.2. The van der Waals surface area contributed by atoms with E-state index in [0.29, 0.717) is 16.3 Å². The number of carbonyl (C=O) groups excluding carboxylic acids is 1. The molecule has 2 N–H and O–H groups in total. The molecule has 0 radical (unpaired) electrons. The number of hydrogen-bond donors (Lipinski definition) is 2. The molecule has 0 fully saturated rings. The van der Waals surface area contributed by atoms with Crippen molar-refractivity contribution in [2.75, 3.05) is 0 Å². The van der Waals surface area contributed by atoms with E-state index in [4.69, 9.17) is 5.11 Å². The Hall–Kier alpha value is -2.15. The molecule has 0 aromatic carbocycles. The van der Waals surface area contributed by atoms with Gasteiger partial charge < -0.3 is 15.0 Å². The first-order valence-corrected chi connectivity index (χ1v) is 8.26. The number of aromatic nitrogens is 2. The molecule has 2 aromatic heterocycles. The lowest BCUT2D eigenvalue weighted by molar-refractivity contribution is 0.0701. The highest BCUT2D eigenvalue weighted by atomic mass is 32.1. The van der Waals surface area contributed by atoms with Crippen LogP contribution in [0.3, 0.4) is 0 Å². The highest BCUT2D eigenvalue weighted by Crippen LogP contribution is 2.24. The maximum absolute atomic E-state index is 12.5. The van der Waals surface area contributed by atoms with Crippen LogP contribution in [-0.2, 0) is 6.54 Å². The third kappa shape index (κ3) is 3.29. The molecular weight excluding hydrogens is 314 g/mol. The van der Waals surface area contributed by atoms with E-state index in [2.05, 4.69) is 14.9 Å². The van der Waals surface area contributed by atoms with Gasteiger partial charge in [-0.15, -0.1) is 11.3 Å². The fourth-order valence-corrected chi connectivity index (χ4v) is 3.56. The van der Waals surface area contributed by atoms with Crippen molar-refractivity contribution in [1.29, 1.82) is 0 Å². The van der Waals surface area contributed by atoms with E-state index in [1.54, 1.807) is 13.8 Å². The number of carbonyl (C=O) groups is 2. The van der Waals surface area contributed by atoms with Gasteiger partial charge in [0.1, 0.15) is 9.88 Å². The molecule has 6 nitrogen and oxygen atoms in total. The molecule has 0 saturated carbocycles. The summed E-state index contributed by atoms with van der Waals surface area (Å²) in [4.78, 5) is 28.1.